The molecule has 2 aromatic rings. The van der Waals surface area contributed by atoms with Gasteiger partial charge in [-0.25, -0.2) is 0 Å². The molecule has 1 saturated heterocycles. The van der Waals surface area contributed by atoms with E-state index in [1.165, 1.54) is 4.90 Å². The number of amides is 3. The Hall–Kier alpha value is -2.95. The van der Waals surface area contributed by atoms with Gasteiger partial charge >= 0.3 is 0 Å². The van der Waals surface area contributed by atoms with Crippen molar-refractivity contribution in [3.8, 4) is 0 Å². The Balaban J connectivity index is 1.81. The Morgan fingerprint density at radius 3 is 2.15 bits per heavy atom. The normalized spacial score (nSPS) is 15.1. The Morgan fingerprint density at radius 1 is 1.00 bits per heavy atom. The number of carbonyl (C=O) groups excluding carboxylic acids is 3. The third-order valence-corrected chi connectivity index (χ3v) is 5.00. The summed E-state index contributed by atoms with van der Waals surface area (Å²) in [4.78, 5) is 39.9. The molecular formula is C22H24N2O3. The van der Waals surface area contributed by atoms with E-state index in [9.17, 15) is 14.4 Å². The molecule has 0 radical (unpaired) electrons. The van der Waals surface area contributed by atoms with E-state index < -0.39 is 0 Å². The van der Waals surface area contributed by atoms with E-state index in [2.05, 4.69) is 6.92 Å². The summed E-state index contributed by atoms with van der Waals surface area (Å²) >= 11 is 0. The summed E-state index contributed by atoms with van der Waals surface area (Å²) in [7, 11) is 0. The quantitative estimate of drug-likeness (QED) is 0.733. The van der Waals surface area contributed by atoms with Crippen LogP contribution >= 0.6 is 0 Å². The summed E-state index contributed by atoms with van der Waals surface area (Å²) in [5.41, 5.74) is 2.15. The van der Waals surface area contributed by atoms with Gasteiger partial charge in [-0.1, -0.05) is 37.3 Å². The summed E-state index contributed by atoms with van der Waals surface area (Å²) in [6, 6.07) is 16.7. The summed E-state index contributed by atoms with van der Waals surface area (Å²) < 4.78 is 0. The van der Waals surface area contributed by atoms with Crippen molar-refractivity contribution in [3.63, 3.8) is 0 Å². The number of carbonyl (C=O) groups is 3. The van der Waals surface area contributed by atoms with Gasteiger partial charge in [0.25, 0.3) is 5.91 Å². The van der Waals surface area contributed by atoms with Crippen LogP contribution in [0.1, 0.15) is 49.0 Å². The highest BCUT2D eigenvalue weighted by atomic mass is 16.2. The molecule has 140 valence electrons. The molecular weight excluding hydrogens is 340 g/mol. The van der Waals surface area contributed by atoms with Crippen molar-refractivity contribution >= 4 is 23.4 Å². The first kappa shape index (κ1) is 18.8. The Morgan fingerprint density at radius 2 is 1.59 bits per heavy atom. The van der Waals surface area contributed by atoms with Crippen LogP contribution in [-0.4, -0.2) is 28.7 Å². The third kappa shape index (κ3) is 4.08. The van der Waals surface area contributed by atoms with Gasteiger partial charge in [-0.2, -0.15) is 0 Å². The maximum atomic E-state index is 13.1. The van der Waals surface area contributed by atoms with E-state index in [1.807, 2.05) is 42.2 Å². The monoisotopic (exact) mass is 364 g/mol. The molecule has 3 amide bonds. The number of imide groups is 1. The van der Waals surface area contributed by atoms with Gasteiger partial charge in [0.05, 0.1) is 5.69 Å². The smallest absolute Gasteiger partial charge is 0.254 e. The molecule has 1 aliphatic heterocycles. The van der Waals surface area contributed by atoms with Gasteiger partial charge in [-0.05, 0) is 43.2 Å². The molecule has 0 aromatic heterocycles. The molecule has 0 N–H and O–H groups in total. The standard InChI is InChI=1S/C22H24N2O3/c1-3-16(2)23(15-17-7-5-4-6-8-17)22(27)18-9-11-19(12-10-18)24-20(25)13-14-21(24)26/h4-12,16H,3,13-15H2,1-2H3/t16-/m0/s1. The molecule has 0 spiro atoms. The SMILES string of the molecule is CC[C@H](C)N(Cc1ccccc1)C(=O)c1ccc(N2C(=O)CCC2=O)cc1. The predicted octanol–water partition coefficient (Wildman–Crippen LogP) is 3.78. The lowest BCUT2D eigenvalue weighted by atomic mass is 10.1. The molecule has 1 atom stereocenters. The van der Waals surface area contributed by atoms with Gasteiger partial charge < -0.3 is 4.90 Å². The van der Waals surface area contributed by atoms with Crippen LogP contribution in [-0.2, 0) is 16.1 Å². The van der Waals surface area contributed by atoms with Crippen LogP contribution in [0.2, 0.25) is 0 Å². The number of hydrogen-bond acceptors (Lipinski definition) is 3. The zero-order valence-electron chi connectivity index (χ0n) is 15.7. The van der Waals surface area contributed by atoms with Gasteiger partial charge in [0, 0.05) is 31.0 Å². The highest BCUT2D eigenvalue weighted by molar-refractivity contribution is 6.19. The van der Waals surface area contributed by atoms with Crippen LogP contribution in [0.3, 0.4) is 0 Å². The number of hydrogen-bond donors (Lipinski definition) is 0. The summed E-state index contributed by atoms with van der Waals surface area (Å²) in [5.74, 6) is -0.437. The molecule has 0 unspecified atom stereocenters. The number of rotatable bonds is 6. The van der Waals surface area contributed by atoms with Crippen LogP contribution in [0.5, 0.6) is 0 Å². The fourth-order valence-electron chi connectivity index (χ4n) is 3.21. The fraction of sp³-hybridized carbons (Fsp3) is 0.318. The number of anilines is 1. The maximum Gasteiger partial charge on any atom is 0.254 e. The third-order valence-electron chi connectivity index (χ3n) is 5.00. The van der Waals surface area contributed by atoms with Crippen LogP contribution in [0.25, 0.3) is 0 Å². The first-order valence-electron chi connectivity index (χ1n) is 9.32. The van der Waals surface area contributed by atoms with E-state index in [-0.39, 0.29) is 36.6 Å². The minimum Gasteiger partial charge on any atom is -0.332 e. The second kappa shape index (κ2) is 8.16. The Kier molecular flexibility index (Phi) is 5.69. The molecule has 0 aliphatic carbocycles. The molecule has 1 fully saturated rings. The molecule has 3 rings (SSSR count). The van der Waals surface area contributed by atoms with Gasteiger partial charge in [0.15, 0.2) is 0 Å². The highest BCUT2D eigenvalue weighted by Crippen LogP contribution is 2.24. The lowest BCUT2D eigenvalue weighted by Gasteiger charge is -2.29. The van der Waals surface area contributed by atoms with Crippen LogP contribution in [0.4, 0.5) is 5.69 Å². The second-order valence-corrected chi connectivity index (χ2v) is 6.85. The molecule has 1 heterocycles. The van der Waals surface area contributed by atoms with E-state index in [0.717, 1.165) is 12.0 Å². The van der Waals surface area contributed by atoms with Crippen LogP contribution < -0.4 is 4.90 Å². The summed E-state index contributed by atoms with van der Waals surface area (Å²) in [6.07, 6.45) is 1.35. The van der Waals surface area contributed by atoms with E-state index in [1.54, 1.807) is 24.3 Å². The fourth-order valence-corrected chi connectivity index (χ4v) is 3.21. The average molecular weight is 364 g/mol. The van der Waals surface area contributed by atoms with Crippen molar-refractivity contribution in [2.75, 3.05) is 4.90 Å². The van der Waals surface area contributed by atoms with Gasteiger partial charge in [-0.3, -0.25) is 19.3 Å². The molecule has 0 saturated carbocycles. The molecule has 27 heavy (non-hydrogen) atoms. The second-order valence-electron chi connectivity index (χ2n) is 6.85. The molecule has 0 bridgehead atoms. The lowest BCUT2D eigenvalue weighted by Crippen LogP contribution is -2.37. The van der Waals surface area contributed by atoms with E-state index >= 15 is 0 Å². The van der Waals surface area contributed by atoms with Crippen molar-refractivity contribution in [1.82, 2.24) is 4.90 Å². The number of nitrogens with zero attached hydrogens (tertiary/aromatic N) is 2. The maximum absolute atomic E-state index is 13.1. The van der Waals surface area contributed by atoms with Crippen LogP contribution in [0.15, 0.2) is 54.6 Å². The van der Waals surface area contributed by atoms with Gasteiger partial charge in [-0.15, -0.1) is 0 Å². The van der Waals surface area contributed by atoms with Gasteiger partial charge in [0.2, 0.25) is 11.8 Å². The van der Waals surface area contributed by atoms with Crippen molar-refractivity contribution in [1.29, 1.82) is 0 Å². The Bertz CT molecular complexity index is 814. The first-order valence-corrected chi connectivity index (χ1v) is 9.32. The first-order chi connectivity index (χ1) is 13.0. The molecule has 1 aliphatic rings. The zero-order chi connectivity index (χ0) is 19.4. The molecule has 5 nitrogen and oxygen atoms in total. The van der Waals surface area contributed by atoms with Gasteiger partial charge in [0.1, 0.15) is 0 Å². The minimum atomic E-state index is -0.190. The summed E-state index contributed by atoms with van der Waals surface area (Å²) in [5, 5.41) is 0. The van der Waals surface area contributed by atoms with Crippen molar-refractivity contribution in [2.45, 2.75) is 45.7 Å². The number of benzene rings is 2. The zero-order valence-corrected chi connectivity index (χ0v) is 15.7. The van der Waals surface area contributed by atoms with E-state index in [4.69, 9.17) is 0 Å². The largest absolute Gasteiger partial charge is 0.332 e. The van der Waals surface area contributed by atoms with Crippen molar-refractivity contribution in [2.24, 2.45) is 0 Å². The Labute approximate surface area is 159 Å². The molecule has 5 heteroatoms. The lowest BCUT2D eigenvalue weighted by molar-refractivity contribution is -0.121. The van der Waals surface area contributed by atoms with Crippen LogP contribution in [0, 0.1) is 0 Å². The van der Waals surface area contributed by atoms with E-state index in [0.29, 0.717) is 17.8 Å². The predicted molar refractivity (Wildman–Crippen MR) is 104 cm³/mol. The topological polar surface area (TPSA) is 57.7 Å². The summed E-state index contributed by atoms with van der Waals surface area (Å²) in [6.45, 7) is 4.64. The van der Waals surface area contributed by atoms with Crippen molar-refractivity contribution in [3.05, 3.63) is 65.7 Å². The van der Waals surface area contributed by atoms with Crippen molar-refractivity contribution < 1.29 is 14.4 Å². The highest BCUT2D eigenvalue weighted by Gasteiger charge is 2.30. The molecule has 2 aromatic carbocycles. The minimum absolute atomic E-state index is 0.0566. The average Bonchev–Trinajstić information content (AvgIpc) is 3.04.